The second kappa shape index (κ2) is 4.41. The number of anilines is 1. The zero-order valence-electron chi connectivity index (χ0n) is 9.68. The second-order valence-corrected chi connectivity index (χ2v) is 4.20. The topological polar surface area (TPSA) is 84.2 Å². The molecule has 3 heterocycles. The Hall–Kier alpha value is -2.32. The monoisotopic (exact) mass is 268 g/mol. The van der Waals surface area contributed by atoms with Crippen LogP contribution in [0.3, 0.4) is 0 Å². The van der Waals surface area contributed by atoms with E-state index in [2.05, 4.69) is 25.9 Å². The average molecular weight is 268 g/mol. The minimum atomic E-state index is -2.74. The van der Waals surface area contributed by atoms with Crippen LogP contribution >= 0.6 is 0 Å². The van der Waals surface area contributed by atoms with Gasteiger partial charge in [-0.25, -0.2) is 8.78 Å². The lowest BCUT2D eigenvalue weighted by Crippen LogP contribution is -2.23. The number of nitrogens with one attached hydrogen (secondary N) is 2. The molecule has 100 valence electrons. The zero-order chi connectivity index (χ0) is 13.4. The standard InChI is InChI=1S/C10H10F2N6O/c11-9(12)10-16-15-7-2-1-6(17-18(7)10)14-5-3-8(19)13-4-5/h1-2,5,9H,3-4H2,(H,13,19)(H,14,17). The number of hydrogen-bond donors (Lipinski definition) is 2. The highest BCUT2D eigenvalue weighted by Gasteiger charge is 2.22. The van der Waals surface area contributed by atoms with Crippen molar-refractivity contribution in [3.05, 3.63) is 18.0 Å². The molecule has 1 fully saturated rings. The van der Waals surface area contributed by atoms with Crippen molar-refractivity contribution >= 4 is 17.4 Å². The van der Waals surface area contributed by atoms with Gasteiger partial charge in [0.2, 0.25) is 11.7 Å². The fourth-order valence-corrected chi connectivity index (χ4v) is 1.93. The summed E-state index contributed by atoms with van der Waals surface area (Å²) in [6.45, 7) is 0.489. The summed E-state index contributed by atoms with van der Waals surface area (Å²) in [6, 6.07) is 3.06. The maximum absolute atomic E-state index is 12.7. The van der Waals surface area contributed by atoms with Gasteiger partial charge in [-0.05, 0) is 12.1 Å². The lowest BCUT2D eigenvalue weighted by atomic mass is 10.2. The van der Waals surface area contributed by atoms with Crippen molar-refractivity contribution in [2.45, 2.75) is 18.9 Å². The summed E-state index contributed by atoms with van der Waals surface area (Å²) < 4.78 is 26.4. The van der Waals surface area contributed by atoms with E-state index < -0.39 is 12.2 Å². The van der Waals surface area contributed by atoms with E-state index in [1.807, 2.05) is 0 Å². The van der Waals surface area contributed by atoms with Crippen molar-refractivity contribution in [1.82, 2.24) is 25.1 Å². The quantitative estimate of drug-likeness (QED) is 0.839. The minimum Gasteiger partial charge on any atom is -0.364 e. The Bertz CT molecular complexity index is 628. The van der Waals surface area contributed by atoms with Crippen LogP contribution in [0.4, 0.5) is 14.6 Å². The van der Waals surface area contributed by atoms with Crippen LogP contribution in [0.1, 0.15) is 18.7 Å². The second-order valence-electron chi connectivity index (χ2n) is 4.20. The van der Waals surface area contributed by atoms with Crippen LogP contribution < -0.4 is 10.6 Å². The van der Waals surface area contributed by atoms with Crippen LogP contribution in [0, 0.1) is 0 Å². The van der Waals surface area contributed by atoms with Gasteiger partial charge in [-0.15, -0.1) is 15.3 Å². The first-order chi connectivity index (χ1) is 9.13. The first-order valence-corrected chi connectivity index (χ1v) is 5.67. The van der Waals surface area contributed by atoms with Crippen LogP contribution in [0.25, 0.3) is 5.65 Å². The molecule has 0 aromatic carbocycles. The van der Waals surface area contributed by atoms with Crippen molar-refractivity contribution in [3.8, 4) is 0 Å². The van der Waals surface area contributed by atoms with E-state index in [4.69, 9.17) is 0 Å². The van der Waals surface area contributed by atoms with Crippen molar-refractivity contribution in [3.63, 3.8) is 0 Å². The van der Waals surface area contributed by atoms with Gasteiger partial charge >= 0.3 is 0 Å². The smallest absolute Gasteiger partial charge is 0.299 e. The molecule has 0 saturated carbocycles. The van der Waals surface area contributed by atoms with Gasteiger partial charge in [0.05, 0.1) is 6.04 Å². The molecule has 1 saturated heterocycles. The summed E-state index contributed by atoms with van der Waals surface area (Å²) in [5, 5.41) is 16.7. The predicted octanol–water partition coefficient (Wildman–Crippen LogP) is 0.362. The molecule has 0 spiro atoms. The van der Waals surface area contributed by atoms with E-state index in [0.717, 1.165) is 4.52 Å². The van der Waals surface area contributed by atoms with Crippen LogP contribution in [-0.2, 0) is 4.79 Å². The summed E-state index contributed by atoms with van der Waals surface area (Å²) in [5.41, 5.74) is 0.251. The van der Waals surface area contributed by atoms with E-state index in [-0.39, 0.29) is 17.6 Å². The lowest BCUT2D eigenvalue weighted by Gasteiger charge is -2.10. The molecule has 19 heavy (non-hydrogen) atoms. The number of hydrogen-bond acceptors (Lipinski definition) is 5. The maximum Gasteiger partial charge on any atom is 0.299 e. The number of nitrogens with zero attached hydrogens (tertiary/aromatic N) is 4. The SMILES string of the molecule is O=C1CC(Nc2ccc3nnc(C(F)F)n3n2)CN1. The Kier molecular flexibility index (Phi) is 2.73. The Morgan fingerprint density at radius 1 is 1.42 bits per heavy atom. The summed E-state index contributed by atoms with van der Waals surface area (Å²) >= 11 is 0. The number of alkyl halides is 2. The molecule has 1 aliphatic rings. The van der Waals surface area contributed by atoms with E-state index in [9.17, 15) is 13.6 Å². The highest BCUT2D eigenvalue weighted by molar-refractivity contribution is 5.79. The van der Waals surface area contributed by atoms with Crippen LogP contribution in [0.5, 0.6) is 0 Å². The number of carbonyl (C=O) groups excluding carboxylic acids is 1. The summed E-state index contributed by atoms with van der Waals surface area (Å²) in [6.07, 6.45) is -2.41. The van der Waals surface area contributed by atoms with Gasteiger partial charge in [0, 0.05) is 13.0 Å². The first-order valence-electron chi connectivity index (χ1n) is 5.67. The Labute approximate surface area is 106 Å². The normalized spacial score (nSPS) is 19.1. The fraction of sp³-hybridized carbons (Fsp3) is 0.400. The number of rotatable bonds is 3. The zero-order valence-corrected chi connectivity index (χ0v) is 9.68. The minimum absolute atomic E-state index is 0.0452. The molecule has 2 N–H and O–H groups in total. The van der Waals surface area contributed by atoms with Crippen molar-refractivity contribution in [1.29, 1.82) is 0 Å². The number of amides is 1. The van der Waals surface area contributed by atoms with Crippen LogP contribution in [0.2, 0.25) is 0 Å². The summed E-state index contributed by atoms with van der Waals surface area (Å²) in [5.74, 6) is -0.147. The fourth-order valence-electron chi connectivity index (χ4n) is 1.93. The molecule has 3 rings (SSSR count). The number of carbonyl (C=O) groups is 1. The largest absolute Gasteiger partial charge is 0.364 e. The van der Waals surface area contributed by atoms with Crippen molar-refractivity contribution in [2.24, 2.45) is 0 Å². The van der Waals surface area contributed by atoms with Gasteiger partial charge in [-0.2, -0.15) is 4.52 Å². The van der Waals surface area contributed by atoms with E-state index in [1.165, 1.54) is 0 Å². The van der Waals surface area contributed by atoms with Crippen LogP contribution in [-0.4, -0.2) is 38.3 Å². The number of aromatic nitrogens is 4. The molecule has 2 aromatic heterocycles. The van der Waals surface area contributed by atoms with Gasteiger partial charge in [-0.1, -0.05) is 0 Å². The predicted molar refractivity (Wildman–Crippen MR) is 60.8 cm³/mol. The molecule has 1 aliphatic heterocycles. The highest BCUT2D eigenvalue weighted by atomic mass is 19.3. The van der Waals surface area contributed by atoms with E-state index in [1.54, 1.807) is 12.1 Å². The first kappa shape index (κ1) is 11.8. The van der Waals surface area contributed by atoms with Gasteiger partial charge in [0.1, 0.15) is 5.82 Å². The molecule has 1 atom stereocenters. The van der Waals surface area contributed by atoms with E-state index >= 15 is 0 Å². The Balaban J connectivity index is 1.88. The molecule has 7 nitrogen and oxygen atoms in total. The Morgan fingerprint density at radius 2 is 2.26 bits per heavy atom. The van der Waals surface area contributed by atoms with Crippen molar-refractivity contribution in [2.75, 3.05) is 11.9 Å². The van der Waals surface area contributed by atoms with E-state index in [0.29, 0.717) is 18.8 Å². The average Bonchev–Trinajstić information content (AvgIpc) is 2.95. The number of fused-ring (bicyclic) bond motifs is 1. The van der Waals surface area contributed by atoms with Gasteiger partial charge < -0.3 is 10.6 Å². The molecular formula is C10H10F2N6O. The van der Waals surface area contributed by atoms with Gasteiger partial charge in [0.15, 0.2) is 5.65 Å². The molecule has 0 radical (unpaired) electrons. The third-order valence-corrected chi connectivity index (χ3v) is 2.81. The Morgan fingerprint density at radius 3 is 2.95 bits per heavy atom. The van der Waals surface area contributed by atoms with Gasteiger partial charge in [0.25, 0.3) is 6.43 Å². The van der Waals surface area contributed by atoms with Crippen molar-refractivity contribution < 1.29 is 13.6 Å². The molecule has 0 bridgehead atoms. The molecule has 2 aromatic rings. The van der Waals surface area contributed by atoms with Crippen LogP contribution in [0.15, 0.2) is 12.1 Å². The summed E-state index contributed by atoms with van der Waals surface area (Å²) in [7, 11) is 0. The lowest BCUT2D eigenvalue weighted by molar-refractivity contribution is -0.119. The maximum atomic E-state index is 12.7. The third kappa shape index (κ3) is 2.18. The molecule has 1 unspecified atom stereocenters. The molecule has 1 amide bonds. The molecular weight excluding hydrogens is 258 g/mol. The van der Waals surface area contributed by atoms with Gasteiger partial charge in [-0.3, -0.25) is 4.79 Å². The highest BCUT2D eigenvalue weighted by Crippen LogP contribution is 2.18. The number of halogens is 2. The molecule has 9 heteroatoms. The molecule has 0 aliphatic carbocycles. The third-order valence-electron chi connectivity index (χ3n) is 2.81. The summed E-state index contributed by atoms with van der Waals surface area (Å²) in [4.78, 5) is 11.1.